The Morgan fingerprint density at radius 3 is 2.56 bits per heavy atom. The van der Waals surface area contributed by atoms with Crippen LogP contribution in [0.1, 0.15) is 42.0 Å². The molecule has 0 saturated heterocycles. The lowest BCUT2D eigenvalue weighted by atomic mass is 10.1. The average Bonchev–Trinajstić information content (AvgIpc) is 2.50. The highest BCUT2D eigenvalue weighted by Crippen LogP contribution is 2.21. The van der Waals surface area contributed by atoms with E-state index in [9.17, 15) is 0 Å². The molecule has 0 atom stereocenters. The summed E-state index contributed by atoms with van der Waals surface area (Å²) in [5.41, 5.74) is 1.56. The lowest BCUT2D eigenvalue weighted by Crippen LogP contribution is -2.20. The van der Waals surface area contributed by atoms with Crippen LogP contribution < -0.4 is 5.32 Å². The second-order valence-electron chi connectivity index (χ2n) is 4.99. The zero-order valence-corrected chi connectivity index (χ0v) is 11.9. The number of thiophene rings is 1. The van der Waals surface area contributed by atoms with Crippen molar-refractivity contribution in [1.29, 1.82) is 0 Å². The van der Waals surface area contributed by atoms with Gasteiger partial charge in [0.25, 0.3) is 0 Å². The molecule has 1 aromatic heterocycles. The average molecular weight is 239 g/mol. The first-order valence-electron chi connectivity index (χ1n) is 6.36. The van der Waals surface area contributed by atoms with E-state index in [-0.39, 0.29) is 0 Å². The quantitative estimate of drug-likeness (QED) is 0.711. The van der Waals surface area contributed by atoms with E-state index in [1.807, 2.05) is 11.3 Å². The van der Waals surface area contributed by atoms with Gasteiger partial charge in [-0.3, -0.25) is 0 Å². The van der Waals surface area contributed by atoms with Crippen molar-refractivity contribution in [2.45, 2.75) is 47.0 Å². The van der Waals surface area contributed by atoms with Crippen LogP contribution in [0.5, 0.6) is 0 Å². The van der Waals surface area contributed by atoms with Crippen molar-refractivity contribution in [3.05, 3.63) is 21.4 Å². The van der Waals surface area contributed by atoms with E-state index in [4.69, 9.17) is 0 Å². The molecule has 1 heterocycles. The van der Waals surface area contributed by atoms with Crippen molar-refractivity contribution in [1.82, 2.24) is 5.32 Å². The summed E-state index contributed by atoms with van der Waals surface area (Å²) < 4.78 is 0. The summed E-state index contributed by atoms with van der Waals surface area (Å²) in [6.45, 7) is 11.3. The maximum Gasteiger partial charge on any atom is 0.00490 e. The minimum atomic E-state index is 0.766. The fourth-order valence-electron chi connectivity index (χ4n) is 1.89. The molecule has 0 fully saturated rings. The Balaban J connectivity index is 2.09. The molecule has 0 bridgehead atoms. The summed E-state index contributed by atoms with van der Waals surface area (Å²) in [4.78, 5) is 2.96. The molecule has 0 amide bonds. The fraction of sp³-hybridized carbons (Fsp3) is 0.714. The zero-order valence-electron chi connectivity index (χ0n) is 11.1. The largest absolute Gasteiger partial charge is 0.316 e. The fourth-order valence-corrected chi connectivity index (χ4v) is 2.86. The third kappa shape index (κ3) is 5.13. The molecule has 1 N–H and O–H groups in total. The third-order valence-corrected chi connectivity index (χ3v) is 3.75. The second kappa shape index (κ2) is 7.08. The van der Waals surface area contributed by atoms with Crippen molar-refractivity contribution in [3.8, 4) is 0 Å². The van der Waals surface area contributed by atoms with Crippen LogP contribution in [0.25, 0.3) is 0 Å². The Bertz CT molecular complexity index is 302. The zero-order chi connectivity index (χ0) is 12.0. The highest BCUT2D eigenvalue weighted by atomic mass is 32.1. The van der Waals surface area contributed by atoms with Gasteiger partial charge in [0.05, 0.1) is 0 Å². The first-order valence-corrected chi connectivity index (χ1v) is 7.18. The Morgan fingerprint density at radius 2 is 2.00 bits per heavy atom. The minimum absolute atomic E-state index is 0.766. The van der Waals surface area contributed by atoms with Gasteiger partial charge in [0.2, 0.25) is 0 Å². The molecule has 16 heavy (non-hydrogen) atoms. The molecule has 1 nitrogen and oxygen atoms in total. The van der Waals surface area contributed by atoms with Gasteiger partial charge in [-0.05, 0) is 63.7 Å². The van der Waals surface area contributed by atoms with Gasteiger partial charge in [0, 0.05) is 9.75 Å². The van der Waals surface area contributed by atoms with Crippen LogP contribution in [0.2, 0.25) is 0 Å². The van der Waals surface area contributed by atoms with Crippen LogP contribution >= 0.6 is 11.3 Å². The molecule has 0 aromatic carbocycles. The van der Waals surface area contributed by atoms with E-state index in [1.54, 1.807) is 5.56 Å². The predicted octanol–water partition coefficient (Wildman–Crippen LogP) is 3.93. The van der Waals surface area contributed by atoms with Crippen LogP contribution in [-0.2, 0) is 6.42 Å². The topological polar surface area (TPSA) is 12.0 Å². The monoisotopic (exact) mass is 239 g/mol. The molecule has 2 heteroatoms. The Labute approximate surface area is 104 Å². The molecule has 1 rings (SSSR count). The molecule has 0 spiro atoms. The van der Waals surface area contributed by atoms with Gasteiger partial charge in [-0.2, -0.15) is 0 Å². The van der Waals surface area contributed by atoms with Crippen molar-refractivity contribution in [3.63, 3.8) is 0 Å². The molecule has 0 unspecified atom stereocenters. The number of hydrogen-bond acceptors (Lipinski definition) is 2. The second-order valence-corrected chi connectivity index (χ2v) is 6.45. The van der Waals surface area contributed by atoms with Gasteiger partial charge >= 0.3 is 0 Å². The van der Waals surface area contributed by atoms with E-state index in [1.165, 1.54) is 35.6 Å². The number of unbranched alkanes of at least 4 members (excludes halogenated alkanes) is 1. The van der Waals surface area contributed by atoms with Crippen molar-refractivity contribution < 1.29 is 0 Å². The molecular weight excluding hydrogens is 214 g/mol. The van der Waals surface area contributed by atoms with Gasteiger partial charge in [0.1, 0.15) is 0 Å². The van der Waals surface area contributed by atoms with Crippen molar-refractivity contribution >= 4 is 11.3 Å². The van der Waals surface area contributed by atoms with Gasteiger partial charge in [-0.25, -0.2) is 0 Å². The summed E-state index contributed by atoms with van der Waals surface area (Å²) in [5.74, 6) is 0.766. The minimum Gasteiger partial charge on any atom is -0.316 e. The standard InChI is InChI=1S/C14H25NS/c1-11(2)10-15-8-6-5-7-14-9-12(3)16-13(14)4/h9,11,15H,5-8,10H2,1-4H3. The Morgan fingerprint density at radius 1 is 1.25 bits per heavy atom. The maximum absolute atomic E-state index is 3.49. The van der Waals surface area contributed by atoms with E-state index in [2.05, 4.69) is 39.1 Å². The van der Waals surface area contributed by atoms with Crippen molar-refractivity contribution in [2.24, 2.45) is 5.92 Å². The first kappa shape index (κ1) is 13.7. The van der Waals surface area contributed by atoms with Gasteiger partial charge in [0.15, 0.2) is 0 Å². The van der Waals surface area contributed by atoms with Crippen LogP contribution in [0.3, 0.4) is 0 Å². The third-order valence-electron chi connectivity index (χ3n) is 2.75. The van der Waals surface area contributed by atoms with E-state index >= 15 is 0 Å². The van der Waals surface area contributed by atoms with Crippen LogP contribution in [-0.4, -0.2) is 13.1 Å². The van der Waals surface area contributed by atoms with Gasteiger partial charge in [-0.15, -0.1) is 11.3 Å². The highest BCUT2D eigenvalue weighted by Gasteiger charge is 2.02. The number of hydrogen-bond donors (Lipinski definition) is 1. The van der Waals surface area contributed by atoms with E-state index in [0.29, 0.717) is 0 Å². The lowest BCUT2D eigenvalue weighted by Gasteiger charge is -2.06. The van der Waals surface area contributed by atoms with Gasteiger partial charge < -0.3 is 5.32 Å². The molecule has 0 aliphatic carbocycles. The smallest absolute Gasteiger partial charge is 0.00490 e. The van der Waals surface area contributed by atoms with E-state index in [0.717, 1.165) is 12.5 Å². The number of aryl methyl sites for hydroxylation is 3. The summed E-state index contributed by atoms with van der Waals surface area (Å²) in [6.07, 6.45) is 3.85. The normalized spacial score (nSPS) is 11.3. The summed E-state index contributed by atoms with van der Waals surface area (Å²) >= 11 is 1.93. The Kier molecular flexibility index (Phi) is 6.07. The van der Waals surface area contributed by atoms with Crippen LogP contribution in [0.15, 0.2) is 6.07 Å². The Hall–Kier alpha value is -0.340. The predicted molar refractivity (Wildman–Crippen MR) is 74.4 cm³/mol. The van der Waals surface area contributed by atoms with Gasteiger partial charge in [-0.1, -0.05) is 13.8 Å². The summed E-state index contributed by atoms with van der Waals surface area (Å²) in [5, 5.41) is 3.49. The molecule has 0 aliphatic heterocycles. The first-order chi connectivity index (χ1) is 7.59. The highest BCUT2D eigenvalue weighted by molar-refractivity contribution is 7.12. The molecular formula is C14H25NS. The maximum atomic E-state index is 3.49. The number of nitrogens with one attached hydrogen (secondary N) is 1. The molecule has 0 radical (unpaired) electrons. The molecule has 92 valence electrons. The summed E-state index contributed by atoms with van der Waals surface area (Å²) in [6, 6.07) is 2.35. The van der Waals surface area contributed by atoms with E-state index < -0.39 is 0 Å². The molecule has 0 aliphatic rings. The molecule has 1 aromatic rings. The SMILES string of the molecule is Cc1cc(CCCCNCC(C)C)c(C)s1. The number of rotatable bonds is 7. The van der Waals surface area contributed by atoms with Crippen LogP contribution in [0.4, 0.5) is 0 Å². The summed E-state index contributed by atoms with van der Waals surface area (Å²) in [7, 11) is 0. The van der Waals surface area contributed by atoms with Crippen molar-refractivity contribution in [2.75, 3.05) is 13.1 Å². The lowest BCUT2D eigenvalue weighted by molar-refractivity contribution is 0.535. The molecule has 0 saturated carbocycles. The van der Waals surface area contributed by atoms with Crippen LogP contribution in [0, 0.1) is 19.8 Å².